The molecular weight excluding hydrogens is 448 g/mol. The Bertz CT molecular complexity index is 824. The first-order valence-electron chi connectivity index (χ1n) is 10.8. The first-order valence-corrected chi connectivity index (χ1v) is 12.2. The van der Waals surface area contributed by atoms with Crippen molar-refractivity contribution in [1.29, 1.82) is 0 Å². The number of nitrogens with two attached hydrogens (primary N) is 1. The third-order valence-electron chi connectivity index (χ3n) is 5.49. The number of nitrogens with one attached hydrogen (secondary N) is 2. The number of aliphatic carboxylic acids is 1. The Morgan fingerprint density at radius 3 is 2.48 bits per heavy atom. The number of nitrogens with zero attached hydrogens (tertiary/aromatic N) is 1. The lowest BCUT2D eigenvalue weighted by molar-refractivity contribution is -0.145. The van der Waals surface area contributed by atoms with Crippen LogP contribution in [0.2, 0.25) is 0 Å². The number of hydrogen-bond acceptors (Lipinski definition) is 7. The normalized spacial score (nSPS) is 18.3. The third kappa shape index (κ3) is 7.72. The van der Waals surface area contributed by atoms with Gasteiger partial charge in [0.1, 0.15) is 24.2 Å². The molecule has 10 nitrogen and oxygen atoms in total. The number of carbonyl (C=O) groups is 4. The Morgan fingerprint density at radius 1 is 1.18 bits per heavy atom. The zero-order chi connectivity index (χ0) is 24.4. The van der Waals surface area contributed by atoms with Crippen LogP contribution in [0.1, 0.15) is 24.8 Å². The van der Waals surface area contributed by atoms with Gasteiger partial charge in [0.2, 0.25) is 17.7 Å². The second kappa shape index (κ2) is 13.2. The van der Waals surface area contributed by atoms with Crippen molar-refractivity contribution in [3.8, 4) is 0 Å². The van der Waals surface area contributed by atoms with Gasteiger partial charge in [0.05, 0.1) is 6.61 Å². The zero-order valence-corrected chi connectivity index (χ0v) is 19.4. The fourth-order valence-corrected chi connectivity index (χ4v) is 4.15. The topological polar surface area (TPSA) is 162 Å². The molecule has 2 rings (SSSR count). The lowest BCUT2D eigenvalue weighted by Gasteiger charge is -2.30. The molecule has 1 aliphatic heterocycles. The SMILES string of the molecule is CSCCC(NC(=O)C(N)CO)C(=O)N1CCCC1C(=O)NC(Cc1ccccc1)C(=O)O. The highest BCUT2D eigenvalue weighted by Gasteiger charge is 2.39. The predicted octanol–water partition coefficient (Wildman–Crippen LogP) is -0.653. The largest absolute Gasteiger partial charge is 0.480 e. The summed E-state index contributed by atoms with van der Waals surface area (Å²) in [5, 5.41) is 23.8. The summed E-state index contributed by atoms with van der Waals surface area (Å²) in [5.41, 5.74) is 6.33. The molecule has 1 aromatic rings. The van der Waals surface area contributed by atoms with Crippen molar-refractivity contribution in [2.45, 2.75) is 49.9 Å². The van der Waals surface area contributed by atoms with Crippen molar-refractivity contribution in [3.63, 3.8) is 0 Å². The highest BCUT2D eigenvalue weighted by Crippen LogP contribution is 2.20. The summed E-state index contributed by atoms with van der Waals surface area (Å²) in [6, 6.07) is 4.96. The maximum Gasteiger partial charge on any atom is 0.326 e. The Balaban J connectivity index is 2.10. The van der Waals surface area contributed by atoms with Gasteiger partial charge in [-0.05, 0) is 36.8 Å². The summed E-state index contributed by atoms with van der Waals surface area (Å²) < 4.78 is 0. The summed E-state index contributed by atoms with van der Waals surface area (Å²) in [4.78, 5) is 51.5. The molecule has 1 saturated heterocycles. The van der Waals surface area contributed by atoms with Gasteiger partial charge in [-0.25, -0.2) is 4.79 Å². The molecule has 3 amide bonds. The highest BCUT2D eigenvalue weighted by molar-refractivity contribution is 7.98. The van der Waals surface area contributed by atoms with Crippen LogP contribution in [0.15, 0.2) is 30.3 Å². The van der Waals surface area contributed by atoms with E-state index < -0.39 is 54.5 Å². The molecule has 33 heavy (non-hydrogen) atoms. The van der Waals surface area contributed by atoms with Crippen molar-refractivity contribution < 1.29 is 29.4 Å². The van der Waals surface area contributed by atoms with E-state index in [1.54, 1.807) is 24.3 Å². The van der Waals surface area contributed by atoms with Crippen LogP contribution in [-0.4, -0.2) is 88.1 Å². The number of hydrogen-bond donors (Lipinski definition) is 5. The molecule has 11 heteroatoms. The molecule has 0 spiro atoms. The first-order chi connectivity index (χ1) is 15.8. The monoisotopic (exact) mass is 480 g/mol. The molecule has 182 valence electrons. The van der Waals surface area contributed by atoms with Gasteiger partial charge in [-0.1, -0.05) is 30.3 Å². The smallest absolute Gasteiger partial charge is 0.326 e. The van der Waals surface area contributed by atoms with Crippen molar-refractivity contribution in [3.05, 3.63) is 35.9 Å². The number of aliphatic hydroxyl groups excluding tert-OH is 1. The average Bonchev–Trinajstić information content (AvgIpc) is 3.30. The number of rotatable bonds is 12. The van der Waals surface area contributed by atoms with Crippen LogP contribution in [0, 0.1) is 0 Å². The van der Waals surface area contributed by atoms with Gasteiger partial charge >= 0.3 is 5.97 Å². The molecule has 4 atom stereocenters. The summed E-state index contributed by atoms with van der Waals surface area (Å²) in [6.45, 7) is -0.229. The molecule has 0 radical (unpaired) electrons. The standard InChI is InChI=1S/C22H32N4O6S/c1-33-11-9-16(24-19(28)15(23)13-27)21(30)26-10-5-8-18(26)20(29)25-17(22(31)32)12-14-6-3-2-4-7-14/h2-4,6-7,15-18,27H,5,8-13,23H2,1H3,(H,24,28)(H,25,29)(H,31,32). The fourth-order valence-electron chi connectivity index (χ4n) is 3.68. The molecule has 0 aromatic heterocycles. The Hall–Kier alpha value is -2.63. The summed E-state index contributed by atoms with van der Waals surface area (Å²) in [7, 11) is 0. The number of amides is 3. The van der Waals surface area contributed by atoms with Crippen LogP contribution < -0.4 is 16.4 Å². The van der Waals surface area contributed by atoms with Crippen molar-refractivity contribution in [2.24, 2.45) is 5.73 Å². The van der Waals surface area contributed by atoms with Crippen LogP contribution in [-0.2, 0) is 25.6 Å². The number of carboxylic acid groups (broad SMARTS) is 1. The Morgan fingerprint density at radius 2 is 1.88 bits per heavy atom. The number of carbonyl (C=O) groups excluding carboxylic acids is 3. The van der Waals surface area contributed by atoms with E-state index in [0.717, 1.165) is 5.56 Å². The molecule has 0 aliphatic carbocycles. The van der Waals surface area contributed by atoms with Crippen LogP contribution in [0.5, 0.6) is 0 Å². The number of carboxylic acids is 1. The van der Waals surface area contributed by atoms with Gasteiger partial charge in [-0.3, -0.25) is 14.4 Å². The lowest BCUT2D eigenvalue weighted by atomic mass is 10.1. The minimum atomic E-state index is -1.16. The van der Waals surface area contributed by atoms with Gasteiger partial charge in [-0.2, -0.15) is 11.8 Å². The minimum Gasteiger partial charge on any atom is -0.480 e. The van der Waals surface area contributed by atoms with Crippen LogP contribution in [0.25, 0.3) is 0 Å². The van der Waals surface area contributed by atoms with Gasteiger partial charge in [0.25, 0.3) is 0 Å². The van der Waals surface area contributed by atoms with Crippen LogP contribution in [0.3, 0.4) is 0 Å². The second-order valence-corrected chi connectivity index (χ2v) is 8.90. The quantitative estimate of drug-likeness (QED) is 0.263. The first kappa shape index (κ1) is 26.6. The number of thioether (sulfide) groups is 1. The van der Waals surface area contributed by atoms with Gasteiger partial charge < -0.3 is 31.5 Å². The van der Waals surface area contributed by atoms with E-state index in [9.17, 15) is 24.3 Å². The predicted molar refractivity (Wildman–Crippen MR) is 124 cm³/mol. The van der Waals surface area contributed by atoms with E-state index in [4.69, 9.17) is 10.8 Å². The minimum absolute atomic E-state index is 0.119. The van der Waals surface area contributed by atoms with Crippen LogP contribution in [0.4, 0.5) is 0 Å². The molecule has 1 aromatic carbocycles. The molecule has 0 saturated carbocycles. The summed E-state index contributed by atoms with van der Waals surface area (Å²) in [5.74, 6) is -2.17. The van der Waals surface area contributed by atoms with Crippen molar-refractivity contribution in [2.75, 3.05) is 25.2 Å². The highest BCUT2D eigenvalue weighted by atomic mass is 32.2. The van der Waals surface area contributed by atoms with E-state index in [1.165, 1.54) is 16.7 Å². The zero-order valence-electron chi connectivity index (χ0n) is 18.6. The Kier molecular flexibility index (Phi) is 10.6. The van der Waals surface area contributed by atoms with E-state index in [1.807, 2.05) is 12.3 Å². The fraction of sp³-hybridized carbons (Fsp3) is 0.545. The third-order valence-corrected chi connectivity index (χ3v) is 6.14. The maximum atomic E-state index is 13.2. The van der Waals surface area contributed by atoms with E-state index in [0.29, 0.717) is 31.6 Å². The molecule has 4 unspecified atom stereocenters. The molecule has 0 bridgehead atoms. The van der Waals surface area contributed by atoms with Gasteiger partial charge in [0, 0.05) is 13.0 Å². The van der Waals surface area contributed by atoms with Crippen LogP contribution >= 0.6 is 11.8 Å². The van der Waals surface area contributed by atoms with Crippen molar-refractivity contribution >= 4 is 35.5 Å². The molecule has 1 fully saturated rings. The number of benzene rings is 1. The van der Waals surface area contributed by atoms with Gasteiger partial charge in [0.15, 0.2) is 0 Å². The number of likely N-dealkylation sites (tertiary alicyclic amines) is 1. The van der Waals surface area contributed by atoms with E-state index in [-0.39, 0.29) is 6.42 Å². The molecule has 6 N–H and O–H groups in total. The second-order valence-electron chi connectivity index (χ2n) is 7.91. The van der Waals surface area contributed by atoms with E-state index in [2.05, 4.69) is 10.6 Å². The summed E-state index contributed by atoms with van der Waals surface area (Å²) >= 11 is 1.50. The molecular formula is C22H32N4O6S. The lowest BCUT2D eigenvalue weighted by Crippen LogP contribution is -2.57. The molecule has 1 heterocycles. The summed E-state index contributed by atoms with van der Waals surface area (Å²) in [6.07, 6.45) is 3.30. The maximum absolute atomic E-state index is 13.2. The van der Waals surface area contributed by atoms with Crippen molar-refractivity contribution in [1.82, 2.24) is 15.5 Å². The number of aliphatic hydroxyl groups is 1. The Labute approximate surface area is 197 Å². The van der Waals surface area contributed by atoms with Gasteiger partial charge in [-0.15, -0.1) is 0 Å². The molecule has 1 aliphatic rings. The van der Waals surface area contributed by atoms with E-state index >= 15 is 0 Å². The average molecular weight is 481 g/mol.